The third-order valence-corrected chi connectivity index (χ3v) is 6.81. The van der Waals surface area contributed by atoms with E-state index in [2.05, 4.69) is 26.7 Å². The second-order valence-corrected chi connectivity index (χ2v) is 9.52. The van der Waals surface area contributed by atoms with Crippen LogP contribution in [0.3, 0.4) is 0 Å². The van der Waals surface area contributed by atoms with Gasteiger partial charge in [0.25, 0.3) is 5.91 Å². The number of hydrogen-bond donors (Lipinski definition) is 1. The Morgan fingerprint density at radius 1 is 0.875 bits per heavy atom. The van der Waals surface area contributed by atoms with Crippen LogP contribution in [0.2, 0.25) is 0 Å². The Morgan fingerprint density at radius 2 is 1.50 bits per heavy atom. The minimum Gasteiger partial charge on any atom is -0.497 e. The van der Waals surface area contributed by atoms with Crippen molar-refractivity contribution < 1.29 is 18.7 Å². The van der Waals surface area contributed by atoms with E-state index in [0.717, 1.165) is 55.3 Å². The van der Waals surface area contributed by atoms with Gasteiger partial charge in [0.2, 0.25) is 0 Å². The lowest BCUT2D eigenvalue weighted by Crippen LogP contribution is -2.44. The molecule has 0 aliphatic carbocycles. The lowest BCUT2D eigenvalue weighted by atomic mass is 10.1. The maximum atomic E-state index is 13.2. The average molecular weight is 539 g/mol. The number of carbonyl (C=O) groups excluding carboxylic acids is 1. The first-order valence-corrected chi connectivity index (χ1v) is 13.1. The molecule has 1 aromatic heterocycles. The number of ether oxygens (including phenoxy) is 2. The largest absolute Gasteiger partial charge is 0.497 e. The van der Waals surface area contributed by atoms with Crippen molar-refractivity contribution in [2.24, 2.45) is 0 Å². The van der Waals surface area contributed by atoms with Gasteiger partial charge in [0.05, 0.1) is 7.11 Å². The second kappa shape index (κ2) is 12.4. The topological polar surface area (TPSA) is 66.9 Å². The zero-order valence-electron chi connectivity index (χ0n) is 22.3. The number of carbonyl (C=O) groups is 1. The molecule has 7 nitrogen and oxygen atoms in total. The molecule has 1 aliphatic rings. The molecule has 3 aromatic carbocycles. The molecule has 40 heavy (non-hydrogen) atoms. The molecule has 204 valence electrons. The van der Waals surface area contributed by atoms with Gasteiger partial charge >= 0.3 is 0 Å². The smallest absolute Gasteiger partial charge is 0.274 e. The van der Waals surface area contributed by atoms with Gasteiger partial charge in [-0.25, -0.2) is 4.39 Å². The summed E-state index contributed by atoms with van der Waals surface area (Å²) in [4.78, 5) is 21.7. The van der Waals surface area contributed by atoms with Crippen LogP contribution in [0.15, 0.2) is 97.7 Å². The minimum atomic E-state index is -0.296. The summed E-state index contributed by atoms with van der Waals surface area (Å²) in [6.07, 6.45) is 1.69. The molecular weight excluding hydrogens is 507 g/mol. The molecule has 1 N–H and O–H groups in total. The van der Waals surface area contributed by atoms with Crippen LogP contribution in [0.5, 0.6) is 17.2 Å². The predicted octanol–water partition coefficient (Wildman–Crippen LogP) is 6.06. The first-order valence-electron chi connectivity index (χ1n) is 13.1. The summed E-state index contributed by atoms with van der Waals surface area (Å²) < 4.78 is 24.2. The van der Waals surface area contributed by atoms with Crippen LogP contribution >= 0.6 is 0 Å². The molecule has 0 radical (unpaired) electrons. The molecular formula is C32H31FN4O3. The van der Waals surface area contributed by atoms with Gasteiger partial charge in [-0.2, -0.15) is 0 Å². The van der Waals surface area contributed by atoms with Crippen molar-refractivity contribution in [2.45, 2.75) is 6.54 Å². The van der Waals surface area contributed by atoms with Crippen molar-refractivity contribution in [2.75, 3.05) is 38.6 Å². The third-order valence-electron chi connectivity index (χ3n) is 6.81. The van der Waals surface area contributed by atoms with Crippen LogP contribution in [0.1, 0.15) is 21.6 Å². The summed E-state index contributed by atoms with van der Waals surface area (Å²) in [6.45, 7) is 8.49. The van der Waals surface area contributed by atoms with Crippen LogP contribution in [-0.4, -0.2) is 54.0 Å². The van der Waals surface area contributed by atoms with E-state index in [-0.39, 0.29) is 11.7 Å². The average Bonchev–Trinajstić information content (AvgIpc) is 3.00. The normalized spacial score (nSPS) is 13.5. The molecule has 1 saturated heterocycles. The van der Waals surface area contributed by atoms with Gasteiger partial charge in [0.15, 0.2) is 0 Å². The van der Waals surface area contributed by atoms with Crippen molar-refractivity contribution in [1.29, 1.82) is 0 Å². The number of amides is 1. The quantitative estimate of drug-likeness (QED) is 0.279. The van der Waals surface area contributed by atoms with Gasteiger partial charge in [-0.1, -0.05) is 18.7 Å². The minimum absolute atomic E-state index is 0.215. The summed E-state index contributed by atoms with van der Waals surface area (Å²) in [6, 6.07) is 24.7. The zero-order chi connectivity index (χ0) is 27.9. The van der Waals surface area contributed by atoms with E-state index in [1.807, 2.05) is 42.5 Å². The molecule has 2 heterocycles. The van der Waals surface area contributed by atoms with Gasteiger partial charge in [0, 0.05) is 55.9 Å². The van der Waals surface area contributed by atoms with Crippen LogP contribution in [0.25, 0.3) is 5.70 Å². The van der Waals surface area contributed by atoms with Gasteiger partial charge in [-0.15, -0.1) is 0 Å². The highest BCUT2D eigenvalue weighted by molar-refractivity contribution is 6.02. The Hall–Kier alpha value is -4.69. The molecule has 0 atom stereocenters. The second-order valence-electron chi connectivity index (χ2n) is 9.52. The highest BCUT2D eigenvalue weighted by atomic mass is 19.1. The SMILES string of the molecule is C=C(c1ccc(C(=O)Nc2ccc(Oc3ccc(OC)cc3)cc2)nc1)N1CCN(Cc2ccc(F)cc2)CC1. The zero-order valence-corrected chi connectivity index (χ0v) is 22.3. The number of nitrogens with one attached hydrogen (secondary N) is 1. The molecule has 4 aromatic rings. The van der Waals surface area contributed by atoms with Crippen LogP contribution in [-0.2, 0) is 6.54 Å². The molecule has 0 unspecified atom stereocenters. The predicted molar refractivity (Wildman–Crippen MR) is 154 cm³/mol. The highest BCUT2D eigenvalue weighted by Crippen LogP contribution is 2.25. The summed E-state index contributed by atoms with van der Waals surface area (Å²) in [5, 5.41) is 2.87. The van der Waals surface area contributed by atoms with Crippen molar-refractivity contribution in [3.05, 3.63) is 120 Å². The fraction of sp³-hybridized carbons (Fsp3) is 0.188. The van der Waals surface area contributed by atoms with E-state index in [1.165, 1.54) is 12.1 Å². The van der Waals surface area contributed by atoms with E-state index in [0.29, 0.717) is 22.9 Å². The Morgan fingerprint density at radius 3 is 2.10 bits per heavy atom. The number of aromatic nitrogens is 1. The molecule has 0 spiro atoms. The number of methoxy groups -OCH3 is 1. The van der Waals surface area contributed by atoms with Crippen molar-refractivity contribution in [1.82, 2.24) is 14.8 Å². The first-order chi connectivity index (χ1) is 19.5. The molecule has 1 amide bonds. The van der Waals surface area contributed by atoms with Crippen LogP contribution in [0, 0.1) is 5.82 Å². The number of benzene rings is 3. The number of hydrogen-bond acceptors (Lipinski definition) is 6. The summed E-state index contributed by atoms with van der Waals surface area (Å²) in [5.74, 6) is 1.59. The lowest BCUT2D eigenvalue weighted by molar-refractivity contribution is 0.102. The lowest BCUT2D eigenvalue weighted by Gasteiger charge is -2.37. The van der Waals surface area contributed by atoms with Gasteiger partial charge in [-0.3, -0.25) is 14.7 Å². The number of halogens is 1. The highest BCUT2D eigenvalue weighted by Gasteiger charge is 2.19. The van der Waals surface area contributed by atoms with Gasteiger partial charge < -0.3 is 19.7 Å². The van der Waals surface area contributed by atoms with Gasteiger partial charge in [0.1, 0.15) is 28.8 Å². The maximum absolute atomic E-state index is 13.2. The Kier molecular flexibility index (Phi) is 8.37. The number of anilines is 1. The summed E-state index contributed by atoms with van der Waals surface area (Å²) >= 11 is 0. The van der Waals surface area contributed by atoms with Crippen molar-refractivity contribution in [3.8, 4) is 17.2 Å². The molecule has 5 rings (SSSR count). The molecule has 0 bridgehead atoms. The monoisotopic (exact) mass is 538 g/mol. The number of piperazine rings is 1. The van der Waals surface area contributed by atoms with E-state index in [4.69, 9.17) is 9.47 Å². The van der Waals surface area contributed by atoms with E-state index in [9.17, 15) is 9.18 Å². The Balaban J connectivity index is 1.11. The molecule has 8 heteroatoms. The summed E-state index contributed by atoms with van der Waals surface area (Å²) in [7, 11) is 1.62. The van der Waals surface area contributed by atoms with Crippen LogP contribution < -0.4 is 14.8 Å². The van der Waals surface area contributed by atoms with Crippen LogP contribution in [0.4, 0.5) is 10.1 Å². The Labute approximate surface area is 233 Å². The first kappa shape index (κ1) is 26.9. The standard InChI is InChI=1S/C32H31FN4O3/c1-23(37-19-17-36(18-20-37)22-24-3-6-26(33)7-4-24)25-5-16-31(34-21-25)32(38)35-27-8-10-29(11-9-27)40-30-14-12-28(39-2)13-15-30/h3-16,21H,1,17-20,22H2,2H3,(H,35,38). The number of pyridine rings is 1. The molecule has 1 fully saturated rings. The fourth-order valence-electron chi connectivity index (χ4n) is 4.49. The maximum Gasteiger partial charge on any atom is 0.274 e. The fourth-order valence-corrected chi connectivity index (χ4v) is 4.49. The van der Waals surface area contributed by atoms with Crippen molar-refractivity contribution in [3.63, 3.8) is 0 Å². The van der Waals surface area contributed by atoms with E-state index in [1.54, 1.807) is 43.6 Å². The molecule has 0 saturated carbocycles. The van der Waals surface area contributed by atoms with E-state index >= 15 is 0 Å². The summed E-state index contributed by atoms with van der Waals surface area (Å²) in [5.41, 5.74) is 3.82. The van der Waals surface area contributed by atoms with E-state index < -0.39 is 0 Å². The third kappa shape index (κ3) is 6.84. The number of nitrogens with zero attached hydrogens (tertiary/aromatic N) is 3. The van der Waals surface area contributed by atoms with Crippen molar-refractivity contribution >= 4 is 17.3 Å². The number of rotatable bonds is 9. The van der Waals surface area contributed by atoms with Gasteiger partial charge in [-0.05, 0) is 78.4 Å². The Bertz CT molecular complexity index is 1430. The molecule has 1 aliphatic heterocycles.